The van der Waals surface area contributed by atoms with E-state index in [1.165, 1.54) is 11.8 Å². The van der Waals surface area contributed by atoms with Crippen LogP contribution in [0.3, 0.4) is 0 Å². The smallest absolute Gasteiger partial charge is 0.303 e. The molecule has 49 heavy (non-hydrogen) atoms. The van der Waals surface area contributed by atoms with E-state index >= 15 is 0 Å². The molecule has 0 radical (unpaired) electrons. The number of aromatic nitrogens is 1. The van der Waals surface area contributed by atoms with Gasteiger partial charge in [0.25, 0.3) is 5.22 Å². The van der Waals surface area contributed by atoms with Gasteiger partial charge in [-0.2, -0.15) is 0 Å². The number of oxazole rings is 1. The molecule has 252 valence electrons. The minimum absolute atomic E-state index is 0.0492. The molecule has 0 saturated carbocycles. The molecule has 1 saturated heterocycles. The van der Waals surface area contributed by atoms with Crippen molar-refractivity contribution in [1.82, 2.24) is 4.98 Å². The van der Waals surface area contributed by atoms with Gasteiger partial charge in [-0.05, 0) is 30.5 Å². The lowest BCUT2D eigenvalue weighted by molar-refractivity contribution is -0.245. The molecule has 2 heterocycles. The molecule has 8 nitrogen and oxygen atoms in total. The highest BCUT2D eigenvalue weighted by atomic mass is 32.2. The molecule has 1 aliphatic rings. The highest BCUT2D eigenvalue weighted by Crippen LogP contribution is 2.41. The van der Waals surface area contributed by atoms with E-state index in [-0.39, 0.29) is 24.5 Å². The average Bonchev–Trinajstić information content (AvgIpc) is 3.58. The van der Waals surface area contributed by atoms with Crippen LogP contribution in [0.25, 0.3) is 22.6 Å². The van der Waals surface area contributed by atoms with Crippen LogP contribution < -0.4 is 5.32 Å². The van der Waals surface area contributed by atoms with Crippen molar-refractivity contribution in [3.8, 4) is 22.6 Å². The normalized spacial score (nSPS) is 17.4. The van der Waals surface area contributed by atoms with Crippen LogP contribution in [0.15, 0.2) is 125 Å². The molecule has 1 amide bonds. The van der Waals surface area contributed by atoms with Crippen molar-refractivity contribution in [2.24, 2.45) is 0 Å². The number of hydrogen-bond donors (Lipinski definition) is 2. The molecule has 5 aromatic rings. The monoisotopic (exact) mass is 676 g/mol. The first-order valence-electron chi connectivity index (χ1n) is 16.7. The van der Waals surface area contributed by atoms with Crippen LogP contribution in [0.4, 0.5) is 5.69 Å². The lowest BCUT2D eigenvalue weighted by Crippen LogP contribution is -2.31. The van der Waals surface area contributed by atoms with E-state index in [1.807, 2.05) is 115 Å². The maximum absolute atomic E-state index is 12.5. The van der Waals surface area contributed by atoms with Crippen molar-refractivity contribution >= 4 is 29.3 Å². The van der Waals surface area contributed by atoms with Crippen molar-refractivity contribution in [1.29, 1.82) is 0 Å². The van der Waals surface area contributed by atoms with Gasteiger partial charge in [-0.3, -0.25) is 9.59 Å². The first-order chi connectivity index (χ1) is 24.0. The van der Waals surface area contributed by atoms with Gasteiger partial charge in [0.1, 0.15) is 5.69 Å². The first-order valence-corrected chi connectivity index (χ1v) is 17.7. The quantitative estimate of drug-likeness (QED) is 0.0833. The van der Waals surface area contributed by atoms with Crippen LogP contribution in [0.2, 0.25) is 0 Å². The van der Waals surface area contributed by atoms with E-state index in [4.69, 9.17) is 24.0 Å². The molecule has 4 aromatic carbocycles. The van der Waals surface area contributed by atoms with Gasteiger partial charge in [0.15, 0.2) is 12.1 Å². The fourth-order valence-corrected chi connectivity index (χ4v) is 6.66. The number of unbranched alkanes of at least 4 members (excludes halogenated alkanes) is 3. The first kappa shape index (κ1) is 34.2. The van der Waals surface area contributed by atoms with Gasteiger partial charge >= 0.3 is 5.97 Å². The molecule has 0 bridgehead atoms. The Morgan fingerprint density at radius 2 is 1.37 bits per heavy atom. The standard InChI is InChI=1S/C40H40N2O6S/c43-35(20-12-1-2-13-21-36(44)45)41-32-24-22-28(23-25-32)34-26-33(46-39(47-34)31-18-10-5-11-19-31)27-49-40-42-37(29-14-6-3-7-15-29)38(48-40)30-16-8-4-9-17-30/h3-11,14-19,22-25,33-34,39H,1-2,12-13,20-21,26-27H2,(H,41,43)(H,44,45). The Bertz CT molecular complexity index is 1720. The van der Waals surface area contributed by atoms with Gasteiger partial charge in [-0.15, -0.1) is 0 Å². The number of aliphatic carboxylic acids is 1. The van der Waals surface area contributed by atoms with Gasteiger partial charge in [0.2, 0.25) is 5.91 Å². The summed E-state index contributed by atoms with van der Waals surface area (Å²) in [6.07, 6.45) is 3.33. The topological polar surface area (TPSA) is 111 Å². The van der Waals surface area contributed by atoms with Crippen molar-refractivity contribution in [3.05, 3.63) is 126 Å². The molecule has 1 fully saturated rings. The largest absolute Gasteiger partial charge is 0.481 e. The molecule has 2 N–H and O–H groups in total. The highest BCUT2D eigenvalue weighted by molar-refractivity contribution is 7.99. The predicted molar refractivity (Wildman–Crippen MR) is 191 cm³/mol. The second kappa shape index (κ2) is 17.1. The number of rotatable bonds is 15. The average molecular weight is 677 g/mol. The van der Waals surface area contributed by atoms with Crippen LogP contribution in [0.1, 0.15) is 68.5 Å². The SMILES string of the molecule is O=C(O)CCCCCCC(=O)Nc1ccc(C2CC(CSc3nc(-c4ccccc4)c(-c4ccccc4)o3)OC(c3ccccc3)O2)cc1. The van der Waals surface area contributed by atoms with E-state index in [0.29, 0.717) is 30.2 Å². The summed E-state index contributed by atoms with van der Waals surface area (Å²) in [5, 5.41) is 12.3. The third-order valence-electron chi connectivity index (χ3n) is 8.35. The second-order valence-electron chi connectivity index (χ2n) is 12.0. The number of carbonyl (C=O) groups is 2. The summed E-state index contributed by atoms with van der Waals surface area (Å²) in [7, 11) is 0. The summed E-state index contributed by atoms with van der Waals surface area (Å²) in [5.74, 6) is 0.534. The summed E-state index contributed by atoms with van der Waals surface area (Å²) in [5.41, 5.74) is 5.46. The minimum atomic E-state index is -0.779. The molecule has 1 aromatic heterocycles. The van der Waals surface area contributed by atoms with Gasteiger partial charge in [-0.1, -0.05) is 128 Å². The third-order valence-corrected chi connectivity index (χ3v) is 9.31. The molecular weight excluding hydrogens is 637 g/mol. The molecule has 3 atom stereocenters. The second-order valence-corrected chi connectivity index (χ2v) is 13.0. The Morgan fingerprint density at radius 3 is 2.04 bits per heavy atom. The van der Waals surface area contributed by atoms with Crippen LogP contribution in [0, 0.1) is 0 Å². The van der Waals surface area contributed by atoms with E-state index in [2.05, 4.69) is 5.32 Å². The summed E-state index contributed by atoms with van der Waals surface area (Å²) in [4.78, 5) is 28.1. The number of thioether (sulfide) groups is 1. The van der Waals surface area contributed by atoms with E-state index in [0.717, 1.165) is 58.7 Å². The number of anilines is 1. The van der Waals surface area contributed by atoms with Crippen LogP contribution >= 0.6 is 11.8 Å². The Morgan fingerprint density at radius 1 is 0.735 bits per heavy atom. The number of benzene rings is 4. The summed E-state index contributed by atoms with van der Waals surface area (Å²) in [6.45, 7) is 0. The van der Waals surface area contributed by atoms with Crippen LogP contribution in [0.5, 0.6) is 0 Å². The number of carboxylic acid groups (broad SMARTS) is 1. The minimum Gasteiger partial charge on any atom is -0.481 e. The predicted octanol–water partition coefficient (Wildman–Crippen LogP) is 9.71. The van der Waals surface area contributed by atoms with E-state index in [9.17, 15) is 9.59 Å². The Hall–Kier alpha value is -4.70. The third kappa shape index (κ3) is 9.69. The molecule has 0 aliphatic carbocycles. The van der Waals surface area contributed by atoms with Crippen molar-refractivity contribution in [2.45, 2.75) is 68.7 Å². The van der Waals surface area contributed by atoms with Gasteiger partial charge in [0.05, 0.1) is 12.2 Å². The summed E-state index contributed by atoms with van der Waals surface area (Å²) >= 11 is 1.53. The molecule has 6 rings (SSSR count). The number of nitrogens with one attached hydrogen (secondary N) is 1. The van der Waals surface area contributed by atoms with Crippen molar-refractivity contribution < 1.29 is 28.6 Å². The number of carbonyl (C=O) groups excluding carboxylic acids is 1. The molecule has 3 unspecified atom stereocenters. The van der Waals surface area contributed by atoms with Gasteiger partial charge in [-0.25, -0.2) is 4.98 Å². The number of nitrogens with zero attached hydrogens (tertiary/aromatic N) is 1. The number of hydrogen-bond acceptors (Lipinski definition) is 7. The Kier molecular flexibility index (Phi) is 11.9. The van der Waals surface area contributed by atoms with Crippen LogP contribution in [-0.4, -0.2) is 33.8 Å². The van der Waals surface area contributed by atoms with Gasteiger partial charge in [0, 0.05) is 47.4 Å². The fourth-order valence-electron chi connectivity index (χ4n) is 5.82. The molecule has 9 heteroatoms. The van der Waals surface area contributed by atoms with Crippen molar-refractivity contribution in [2.75, 3.05) is 11.1 Å². The number of amides is 1. The number of ether oxygens (including phenoxy) is 2. The number of carboxylic acids is 1. The zero-order valence-corrected chi connectivity index (χ0v) is 28.0. The fraction of sp³-hybridized carbons (Fsp3) is 0.275. The zero-order chi connectivity index (χ0) is 33.8. The zero-order valence-electron chi connectivity index (χ0n) is 27.2. The molecular formula is C40H40N2O6S. The summed E-state index contributed by atoms with van der Waals surface area (Å²) < 4.78 is 19.4. The van der Waals surface area contributed by atoms with E-state index in [1.54, 1.807) is 0 Å². The van der Waals surface area contributed by atoms with Crippen molar-refractivity contribution in [3.63, 3.8) is 0 Å². The maximum atomic E-state index is 12.5. The lowest BCUT2D eigenvalue weighted by Gasteiger charge is -2.36. The molecule has 1 aliphatic heterocycles. The van der Waals surface area contributed by atoms with E-state index < -0.39 is 12.3 Å². The maximum Gasteiger partial charge on any atom is 0.303 e. The highest BCUT2D eigenvalue weighted by Gasteiger charge is 2.32. The Labute approximate surface area is 290 Å². The van der Waals surface area contributed by atoms with Crippen LogP contribution in [-0.2, 0) is 19.1 Å². The Balaban J connectivity index is 1.11. The van der Waals surface area contributed by atoms with Gasteiger partial charge < -0.3 is 24.3 Å². The summed E-state index contributed by atoms with van der Waals surface area (Å²) in [6, 6.07) is 37.9. The molecule has 0 spiro atoms. The lowest BCUT2D eigenvalue weighted by atomic mass is 10.0.